The molecule has 0 aromatic carbocycles. The predicted octanol–water partition coefficient (Wildman–Crippen LogP) is 0.870. The van der Waals surface area contributed by atoms with Crippen molar-refractivity contribution in [1.82, 2.24) is 30.8 Å². The van der Waals surface area contributed by atoms with Crippen molar-refractivity contribution >= 4 is 17.8 Å². The van der Waals surface area contributed by atoms with Gasteiger partial charge in [-0.1, -0.05) is 11.6 Å². The highest BCUT2D eigenvalue weighted by atomic mass is 16.5. The maximum absolute atomic E-state index is 12.7. The zero-order valence-corrected chi connectivity index (χ0v) is 19.7. The van der Waals surface area contributed by atoms with Gasteiger partial charge in [-0.25, -0.2) is 4.79 Å². The van der Waals surface area contributed by atoms with Crippen LogP contribution >= 0.6 is 0 Å². The van der Waals surface area contributed by atoms with Gasteiger partial charge in [0.25, 0.3) is 0 Å². The molecule has 2 N–H and O–H groups in total. The number of ether oxygens (including phenoxy) is 2. The highest BCUT2D eigenvalue weighted by Gasteiger charge is 2.38. The maximum atomic E-state index is 12.7. The van der Waals surface area contributed by atoms with Crippen molar-refractivity contribution in [3.63, 3.8) is 0 Å². The van der Waals surface area contributed by atoms with E-state index >= 15 is 0 Å². The molecule has 2 fully saturated rings. The van der Waals surface area contributed by atoms with E-state index in [2.05, 4.69) is 25.9 Å². The van der Waals surface area contributed by atoms with Crippen molar-refractivity contribution in [3.05, 3.63) is 5.82 Å². The van der Waals surface area contributed by atoms with E-state index in [1.165, 1.54) is 11.9 Å². The fourth-order valence-electron chi connectivity index (χ4n) is 4.70. The van der Waals surface area contributed by atoms with Crippen LogP contribution in [0.1, 0.15) is 59.6 Å². The molecule has 11 heteroatoms. The molecule has 0 unspecified atom stereocenters. The lowest BCUT2D eigenvalue weighted by molar-refractivity contribution is -0.155. The minimum atomic E-state index is -1.51. The molecule has 1 aliphatic heterocycles. The molecule has 3 rings (SSSR count). The number of tetrazole rings is 1. The van der Waals surface area contributed by atoms with Gasteiger partial charge in [0.05, 0.1) is 14.4 Å². The normalized spacial score (nSPS) is 28.2. The number of amides is 1. The summed E-state index contributed by atoms with van der Waals surface area (Å²) >= 11 is 0. The molecule has 2 aliphatic rings. The summed E-state index contributed by atoms with van der Waals surface area (Å²) < 4.78 is 18.9. The van der Waals surface area contributed by atoms with Crippen LogP contribution in [0.5, 0.6) is 0 Å². The number of aromatic amines is 1. The number of aryl methyl sites for hydroxylation is 1. The van der Waals surface area contributed by atoms with Crippen LogP contribution in [-0.4, -0.2) is 82.2 Å². The molecule has 1 saturated heterocycles. The van der Waals surface area contributed by atoms with E-state index < -0.39 is 24.0 Å². The van der Waals surface area contributed by atoms with Gasteiger partial charge >= 0.3 is 11.9 Å². The molecule has 2 heterocycles. The van der Waals surface area contributed by atoms with Crippen molar-refractivity contribution in [2.45, 2.75) is 70.9 Å². The fraction of sp³-hybridized carbons (Fsp3) is 0.818. The monoisotopic (exact) mass is 465 g/mol. The van der Waals surface area contributed by atoms with Gasteiger partial charge in [0.15, 0.2) is 5.82 Å². The lowest BCUT2D eigenvalue weighted by Gasteiger charge is -2.42. The van der Waals surface area contributed by atoms with Crippen LogP contribution < -0.4 is 5.32 Å². The van der Waals surface area contributed by atoms with Gasteiger partial charge in [0, 0.05) is 13.5 Å². The number of carbonyl (C=O) groups excluding carboxylic acids is 3. The largest absolute Gasteiger partial charge is 0.464 e. The number of likely N-dealkylation sites (N-methyl/N-ethyl adjacent to an activating group) is 1. The second kappa shape index (κ2) is 12.1. The quantitative estimate of drug-likeness (QED) is 0.482. The molecule has 1 saturated carbocycles. The van der Waals surface area contributed by atoms with E-state index in [-0.39, 0.29) is 31.5 Å². The van der Waals surface area contributed by atoms with Crippen molar-refractivity contribution in [1.29, 1.82) is 0 Å². The Hall–Kier alpha value is -2.56. The van der Waals surface area contributed by atoms with Crippen LogP contribution in [0, 0.1) is 17.8 Å². The Bertz CT molecular complexity index is 840. The van der Waals surface area contributed by atoms with Crippen molar-refractivity contribution in [2.75, 3.05) is 26.8 Å². The Morgan fingerprint density at radius 1 is 1.24 bits per heavy atom. The number of esters is 2. The minimum absolute atomic E-state index is 0.0632. The van der Waals surface area contributed by atoms with Crippen LogP contribution in [-0.2, 0) is 30.3 Å². The van der Waals surface area contributed by atoms with Crippen LogP contribution in [0.15, 0.2) is 0 Å². The summed E-state index contributed by atoms with van der Waals surface area (Å²) in [5.74, 6) is 0.468. The number of nitrogens with zero attached hydrogens (tertiary/aromatic N) is 4. The third-order valence-corrected chi connectivity index (χ3v) is 6.86. The standard InChI is InChI=1S/C22H36N6O5/c1-4-32-21(30)14(2)28(3)20(29)9-10-33-22(31)18-12-17-11-15(5-7-16(17)13-23-18)6-8-19-24-26-27-25-19/h14-18,23H,4-13H2,1-3H3,(H,24,25,26,27)/t14-,15+,16-,17+,18-/m0/s1/i18D. The molecule has 1 aromatic heterocycles. The van der Waals surface area contributed by atoms with Gasteiger partial charge in [-0.05, 0) is 63.8 Å². The van der Waals surface area contributed by atoms with E-state index in [0.29, 0.717) is 30.6 Å². The first-order chi connectivity index (χ1) is 16.2. The van der Waals surface area contributed by atoms with Crippen LogP contribution in [0.4, 0.5) is 0 Å². The predicted molar refractivity (Wildman–Crippen MR) is 118 cm³/mol. The first kappa shape index (κ1) is 23.6. The molecule has 184 valence electrons. The van der Waals surface area contributed by atoms with E-state index in [1.54, 1.807) is 13.8 Å². The average molecular weight is 466 g/mol. The second-order valence-corrected chi connectivity index (χ2v) is 8.95. The number of carbonyl (C=O) groups is 3. The Morgan fingerprint density at radius 3 is 2.79 bits per heavy atom. The average Bonchev–Trinajstić information content (AvgIpc) is 3.35. The van der Waals surface area contributed by atoms with Crippen molar-refractivity contribution in [2.24, 2.45) is 17.8 Å². The summed E-state index contributed by atoms with van der Waals surface area (Å²) in [5, 5.41) is 17.2. The summed E-state index contributed by atoms with van der Waals surface area (Å²) in [6.07, 6.45) is 5.21. The number of nitrogens with one attached hydrogen (secondary N) is 2. The molecule has 0 spiro atoms. The van der Waals surface area contributed by atoms with Crippen LogP contribution in [0.2, 0.25) is 0 Å². The third kappa shape index (κ3) is 6.96. The van der Waals surface area contributed by atoms with Gasteiger partial charge in [0.2, 0.25) is 5.91 Å². The first-order valence-electron chi connectivity index (χ1n) is 12.3. The maximum Gasteiger partial charge on any atom is 0.328 e. The van der Waals surface area contributed by atoms with E-state index in [1.807, 2.05) is 0 Å². The molecule has 0 radical (unpaired) electrons. The van der Waals surface area contributed by atoms with Crippen molar-refractivity contribution < 1.29 is 25.2 Å². The van der Waals surface area contributed by atoms with Crippen LogP contribution in [0.3, 0.4) is 0 Å². The second-order valence-electron chi connectivity index (χ2n) is 8.95. The summed E-state index contributed by atoms with van der Waals surface area (Å²) in [7, 11) is 1.51. The molecular weight excluding hydrogens is 428 g/mol. The number of hydrogen-bond acceptors (Lipinski definition) is 9. The van der Waals surface area contributed by atoms with E-state index in [9.17, 15) is 14.4 Å². The minimum Gasteiger partial charge on any atom is -0.464 e. The van der Waals surface area contributed by atoms with Crippen LogP contribution in [0.25, 0.3) is 0 Å². The number of H-pyrrole nitrogens is 1. The number of aromatic nitrogens is 4. The Kier molecular flexibility index (Phi) is 8.62. The Balaban J connectivity index is 1.44. The Labute approximate surface area is 195 Å². The molecule has 1 amide bonds. The summed E-state index contributed by atoms with van der Waals surface area (Å²) in [6, 6.07) is -2.23. The summed E-state index contributed by atoms with van der Waals surface area (Å²) in [6.45, 7) is 4.00. The number of hydrogen-bond donors (Lipinski definition) is 2. The van der Waals surface area contributed by atoms with E-state index in [0.717, 1.165) is 32.1 Å². The lowest BCUT2D eigenvalue weighted by atomic mass is 9.69. The summed E-state index contributed by atoms with van der Waals surface area (Å²) in [4.78, 5) is 38.2. The zero-order valence-electron chi connectivity index (χ0n) is 20.7. The molecule has 11 nitrogen and oxygen atoms in total. The SMILES string of the molecule is [2H][C@@]1(C(=O)OCCC(=O)N(C)[C@@H](C)C(=O)OCC)C[C@H]2C[C@@H](CCc3nn[nH]n3)CC[C@H]2CN1. The number of rotatable bonds is 10. The first-order valence-corrected chi connectivity index (χ1v) is 11.8. The molecule has 33 heavy (non-hydrogen) atoms. The lowest BCUT2D eigenvalue weighted by Crippen LogP contribution is -2.50. The van der Waals surface area contributed by atoms with Gasteiger partial charge in [-0.2, -0.15) is 5.21 Å². The molecular formula is C22H36N6O5. The van der Waals surface area contributed by atoms with Gasteiger partial charge < -0.3 is 19.7 Å². The molecule has 0 bridgehead atoms. The Morgan fingerprint density at radius 2 is 2.06 bits per heavy atom. The molecule has 1 aromatic rings. The third-order valence-electron chi connectivity index (χ3n) is 6.86. The fourth-order valence-corrected chi connectivity index (χ4v) is 4.70. The highest BCUT2D eigenvalue weighted by molar-refractivity contribution is 5.84. The van der Waals surface area contributed by atoms with Gasteiger partial charge in [-0.15, -0.1) is 10.2 Å². The highest BCUT2D eigenvalue weighted by Crippen LogP contribution is 2.40. The zero-order chi connectivity index (χ0) is 24.7. The number of fused-ring (bicyclic) bond motifs is 1. The smallest absolute Gasteiger partial charge is 0.328 e. The van der Waals surface area contributed by atoms with Gasteiger partial charge in [0.1, 0.15) is 18.7 Å². The topological polar surface area (TPSA) is 139 Å². The molecule has 1 aliphatic carbocycles. The van der Waals surface area contributed by atoms with Gasteiger partial charge in [-0.3, -0.25) is 9.59 Å². The van der Waals surface area contributed by atoms with E-state index in [4.69, 9.17) is 10.8 Å². The number of piperidine rings is 1. The summed E-state index contributed by atoms with van der Waals surface area (Å²) in [5.41, 5.74) is 0. The van der Waals surface area contributed by atoms with Crippen molar-refractivity contribution in [3.8, 4) is 0 Å². The molecule has 5 atom stereocenters.